The van der Waals surface area contributed by atoms with Gasteiger partial charge in [0.05, 0.1) is 6.10 Å². The molecule has 0 heterocycles. The molecule has 0 saturated carbocycles. The van der Waals surface area contributed by atoms with Gasteiger partial charge in [-0.25, -0.2) is 0 Å². The Kier molecular flexibility index (Phi) is 2.20. The van der Waals surface area contributed by atoms with Gasteiger partial charge in [0, 0.05) is 0 Å². The monoisotopic (exact) mass is 188 g/mol. The predicted octanol–water partition coefficient (Wildman–Crippen LogP) is 2.86. The molecule has 1 aromatic rings. The van der Waals surface area contributed by atoms with Crippen LogP contribution in [-0.2, 0) is 0 Å². The van der Waals surface area contributed by atoms with Gasteiger partial charge in [-0.3, -0.25) is 0 Å². The molecule has 1 aliphatic rings. The van der Waals surface area contributed by atoms with E-state index in [-0.39, 0.29) is 11.5 Å². The van der Waals surface area contributed by atoms with Crippen LogP contribution in [0, 0.1) is 5.41 Å². The first-order valence-electron chi connectivity index (χ1n) is 5.05. The summed E-state index contributed by atoms with van der Waals surface area (Å²) in [6.07, 6.45) is 2.72. The molecular formula is C13H16O. The van der Waals surface area contributed by atoms with Gasteiger partial charge in [-0.1, -0.05) is 50.3 Å². The Morgan fingerprint density at radius 3 is 2.36 bits per heavy atom. The molecule has 74 valence electrons. The maximum absolute atomic E-state index is 9.91. The molecule has 1 aliphatic carbocycles. The minimum atomic E-state index is -0.299. The van der Waals surface area contributed by atoms with Crippen molar-refractivity contribution in [2.45, 2.75) is 26.4 Å². The molecule has 0 saturated heterocycles. The number of aliphatic hydroxyl groups is 1. The normalized spacial score (nSPS) is 24.8. The highest BCUT2D eigenvalue weighted by atomic mass is 16.3. The topological polar surface area (TPSA) is 20.2 Å². The first-order chi connectivity index (χ1) is 6.58. The third-order valence-corrected chi connectivity index (χ3v) is 2.73. The van der Waals surface area contributed by atoms with Crippen LogP contribution in [0.4, 0.5) is 0 Å². The van der Waals surface area contributed by atoms with Crippen LogP contribution in [-0.4, -0.2) is 11.2 Å². The Labute approximate surface area is 85.1 Å². The quantitative estimate of drug-likeness (QED) is 0.718. The van der Waals surface area contributed by atoms with Crippen molar-refractivity contribution >= 4 is 5.57 Å². The molecule has 0 radical (unpaired) electrons. The van der Waals surface area contributed by atoms with Gasteiger partial charge in [0.15, 0.2) is 0 Å². The van der Waals surface area contributed by atoms with E-state index in [1.54, 1.807) is 0 Å². The fourth-order valence-electron chi connectivity index (χ4n) is 2.09. The second-order valence-electron chi connectivity index (χ2n) is 4.67. The molecule has 2 rings (SSSR count). The van der Waals surface area contributed by atoms with Gasteiger partial charge < -0.3 is 5.11 Å². The third-order valence-electron chi connectivity index (χ3n) is 2.73. The molecule has 0 unspecified atom stereocenters. The molecule has 1 nitrogen and oxygen atoms in total. The summed E-state index contributed by atoms with van der Waals surface area (Å²) < 4.78 is 0. The first kappa shape index (κ1) is 9.47. The van der Waals surface area contributed by atoms with Crippen LogP contribution in [0.1, 0.15) is 25.8 Å². The van der Waals surface area contributed by atoms with E-state index in [2.05, 4.69) is 32.1 Å². The molecule has 0 aromatic heterocycles. The maximum Gasteiger partial charge on any atom is 0.0801 e. The molecule has 0 spiro atoms. The molecule has 1 heteroatoms. The fourth-order valence-corrected chi connectivity index (χ4v) is 2.09. The highest BCUT2D eigenvalue weighted by molar-refractivity contribution is 5.71. The zero-order chi connectivity index (χ0) is 10.2. The van der Waals surface area contributed by atoms with Gasteiger partial charge in [0.1, 0.15) is 0 Å². The van der Waals surface area contributed by atoms with E-state index >= 15 is 0 Å². The van der Waals surface area contributed by atoms with Crippen molar-refractivity contribution < 1.29 is 5.11 Å². The molecular weight excluding hydrogens is 172 g/mol. The van der Waals surface area contributed by atoms with Crippen molar-refractivity contribution in [3.8, 4) is 0 Å². The first-order valence-corrected chi connectivity index (χ1v) is 5.05. The molecule has 0 amide bonds. The van der Waals surface area contributed by atoms with E-state index in [1.165, 1.54) is 0 Å². The molecule has 1 N–H and O–H groups in total. The Hall–Kier alpha value is -1.08. The largest absolute Gasteiger partial charge is 0.388 e. The van der Waals surface area contributed by atoms with E-state index < -0.39 is 0 Å². The lowest BCUT2D eigenvalue weighted by molar-refractivity contribution is 0.198. The van der Waals surface area contributed by atoms with E-state index in [0.29, 0.717) is 0 Å². The molecule has 0 bridgehead atoms. The highest BCUT2D eigenvalue weighted by Crippen LogP contribution is 2.39. The van der Waals surface area contributed by atoms with Crippen molar-refractivity contribution in [2.24, 2.45) is 5.41 Å². The summed E-state index contributed by atoms with van der Waals surface area (Å²) in [6.45, 7) is 4.32. The van der Waals surface area contributed by atoms with E-state index in [1.807, 2.05) is 18.2 Å². The van der Waals surface area contributed by atoms with Crippen LogP contribution < -0.4 is 0 Å². The van der Waals surface area contributed by atoms with Crippen LogP contribution in [0.2, 0.25) is 0 Å². The summed E-state index contributed by atoms with van der Waals surface area (Å²) in [4.78, 5) is 0. The summed E-state index contributed by atoms with van der Waals surface area (Å²) in [5.74, 6) is 0. The molecule has 1 aromatic carbocycles. The van der Waals surface area contributed by atoms with Crippen molar-refractivity contribution in [1.82, 2.24) is 0 Å². The summed E-state index contributed by atoms with van der Waals surface area (Å²) in [7, 11) is 0. The van der Waals surface area contributed by atoms with Gasteiger partial charge in [0.25, 0.3) is 0 Å². The Balaban J connectivity index is 2.36. The van der Waals surface area contributed by atoms with Crippen molar-refractivity contribution in [3.63, 3.8) is 0 Å². The average molecular weight is 188 g/mol. The number of hydrogen-bond acceptors (Lipinski definition) is 1. The zero-order valence-corrected chi connectivity index (χ0v) is 8.70. The van der Waals surface area contributed by atoms with Crippen molar-refractivity contribution in [2.75, 3.05) is 0 Å². The van der Waals surface area contributed by atoms with Gasteiger partial charge >= 0.3 is 0 Å². The van der Waals surface area contributed by atoms with Crippen LogP contribution in [0.3, 0.4) is 0 Å². The number of hydrogen-bond donors (Lipinski definition) is 1. The maximum atomic E-state index is 9.91. The van der Waals surface area contributed by atoms with Crippen LogP contribution >= 0.6 is 0 Å². The SMILES string of the molecule is CC1(C)C=C(c2ccccc2)[C@H](O)C1. The minimum Gasteiger partial charge on any atom is -0.388 e. The lowest BCUT2D eigenvalue weighted by Gasteiger charge is -2.13. The van der Waals surface area contributed by atoms with Gasteiger partial charge in [-0.15, -0.1) is 0 Å². The van der Waals surface area contributed by atoms with Crippen molar-refractivity contribution in [1.29, 1.82) is 0 Å². The number of allylic oxidation sites excluding steroid dienone is 1. The van der Waals surface area contributed by atoms with Gasteiger partial charge in [-0.05, 0) is 23.0 Å². The fraction of sp³-hybridized carbons (Fsp3) is 0.385. The van der Waals surface area contributed by atoms with Crippen LogP contribution in [0.15, 0.2) is 36.4 Å². The number of aliphatic hydroxyl groups excluding tert-OH is 1. The van der Waals surface area contributed by atoms with E-state index in [9.17, 15) is 5.11 Å². The number of rotatable bonds is 1. The Morgan fingerprint density at radius 2 is 1.86 bits per heavy atom. The van der Waals surface area contributed by atoms with Gasteiger partial charge in [0.2, 0.25) is 0 Å². The lowest BCUT2D eigenvalue weighted by atomic mass is 9.93. The number of benzene rings is 1. The van der Waals surface area contributed by atoms with Crippen LogP contribution in [0.25, 0.3) is 5.57 Å². The molecule has 0 fully saturated rings. The van der Waals surface area contributed by atoms with Crippen molar-refractivity contribution in [3.05, 3.63) is 42.0 Å². The third kappa shape index (κ3) is 1.73. The summed E-state index contributed by atoms with van der Waals surface area (Å²) in [5, 5.41) is 9.91. The summed E-state index contributed by atoms with van der Waals surface area (Å²) in [6, 6.07) is 10.1. The predicted molar refractivity (Wildman–Crippen MR) is 58.8 cm³/mol. The molecule has 14 heavy (non-hydrogen) atoms. The summed E-state index contributed by atoms with van der Waals surface area (Å²) in [5.41, 5.74) is 2.35. The lowest BCUT2D eigenvalue weighted by Crippen LogP contribution is -2.10. The van der Waals surface area contributed by atoms with Gasteiger partial charge in [-0.2, -0.15) is 0 Å². The van der Waals surface area contributed by atoms with E-state index in [4.69, 9.17) is 0 Å². The van der Waals surface area contributed by atoms with Crippen LogP contribution in [0.5, 0.6) is 0 Å². The summed E-state index contributed by atoms with van der Waals surface area (Å²) >= 11 is 0. The molecule has 1 atom stereocenters. The minimum absolute atomic E-state index is 0.130. The molecule has 0 aliphatic heterocycles. The average Bonchev–Trinajstić information content (AvgIpc) is 2.41. The second-order valence-corrected chi connectivity index (χ2v) is 4.67. The van der Waals surface area contributed by atoms with E-state index in [0.717, 1.165) is 17.6 Å². The standard InChI is InChI=1S/C13H16O/c1-13(2)8-11(12(14)9-13)10-6-4-3-5-7-10/h3-8,12,14H,9H2,1-2H3/t12-/m1/s1. The highest BCUT2D eigenvalue weighted by Gasteiger charge is 2.30. The zero-order valence-electron chi connectivity index (χ0n) is 8.70. The second kappa shape index (κ2) is 3.25. The smallest absolute Gasteiger partial charge is 0.0801 e. The Morgan fingerprint density at radius 1 is 1.21 bits per heavy atom. The Bertz CT molecular complexity index is 349.